The lowest BCUT2D eigenvalue weighted by atomic mass is 10.0. The summed E-state index contributed by atoms with van der Waals surface area (Å²) in [5.41, 5.74) is 0. The van der Waals surface area contributed by atoms with Crippen LogP contribution >= 0.6 is 0 Å². The number of rotatable bonds is 2. The standard InChI is InChI=1S/C8H10O5/c1-3-12-7(10)5-6(9)4(2)13-8(5)11/h4-5H,3H2,1-2H3/t4-,5-/m0/s1. The molecule has 0 aromatic carbocycles. The van der Waals surface area contributed by atoms with Gasteiger partial charge >= 0.3 is 11.9 Å². The van der Waals surface area contributed by atoms with Crippen LogP contribution in [-0.2, 0) is 23.9 Å². The van der Waals surface area contributed by atoms with Gasteiger partial charge in [0.25, 0.3) is 0 Å². The van der Waals surface area contributed by atoms with E-state index < -0.39 is 29.7 Å². The molecule has 2 atom stereocenters. The molecule has 1 aliphatic rings. The van der Waals surface area contributed by atoms with Crippen molar-refractivity contribution in [1.82, 2.24) is 0 Å². The molecule has 0 radical (unpaired) electrons. The Bertz CT molecular complexity index is 257. The SMILES string of the molecule is CCOC(=O)[C@H]1C(=O)O[C@@H](C)C1=O. The van der Waals surface area contributed by atoms with Crippen LogP contribution in [0.25, 0.3) is 0 Å². The van der Waals surface area contributed by atoms with E-state index >= 15 is 0 Å². The second kappa shape index (κ2) is 3.55. The Kier molecular flexibility index (Phi) is 2.65. The summed E-state index contributed by atoms with van der Waals surface area (Å²) in [6.45, 7) is 3.18. The van der Waals surface area contributed by atoms with Crippen molar-refractivity contribution < 1.29 is 23.9 Å². The first-order chi connectivity index (χ1) is 6.07. The van der Waals surface area contributed by atoms with Crippen LogP contribution < -0.4 is 0 Å². The molecule has 0 N–H and O–H groups in total. The average Bonchev–Trinajstić information content (AvgIpc) is 2.27. The van der Waals surface area contributed by atoms with Gasteiger partial charge in [-0.2, -0.15) is 0 Å². The Morgan fingerprint density at radius 1 is 1.54 bits per heavy atom. The number of carbonyl (C=O) groups excluding carboxylic acids is 3. The van der Waals surface area contributed by atoms with E-state index in [1.165, 1.54) is 6.92 Å². The highest BCUT2D eigenvalue weighted by Gasteiger charge is 2.46. The predicted molar refractivity (Wildman–Crippen MR) is 40.7 cm³/mol. The first kappa shape index (κ1) is 9.70. The zero-order valence-corrected chi connectivity index (χ0v) is 7.40. The number of carbonyl (C=O) groups is 3. The number of ether oxygens (including phenoxy) is 2. The summed E-state index contributed by atoms with van der Waals surface area (Å²) in [7, 11) is 0. The van der Waals surface area contributed by atoms with E-state index in [2.05, 4.69) is 9.47 Å². The van der Waals surface area contributed by atoms with Crippen molar-refractivity contribution in [2.45, 2.75) is 20.0 Å². The van der Waals surface area contributed by atoms with Crippen LogP contribution in [0.5, 0.6) is 0 Å². The number of hydrogen-bond donors (Lipinski definition) is 0. The molecule has 0 unspecified atom stereocenters. The molecule has 0 saturated carbocycles. The second-order valence-corrected chi connectivity index (χ2v) is 2.67. The fourth-order valence-electron chi connectivity index (χ4n) is 1.09. The second-order valence-electron chi connectivity index (χ2n) is 2.67. The van der Waals surface area contributed by atoms with Crippen molar-refractivity contribution in [3.63, 3.8) is 0 Å². The molecule has 0 aromatic rings. The van der Waals surface area contributed by atoms with Gasteiger partial charge in [-0.1, -0.05) is 0 Å². The molecule has 1 aliphatic heterocycles. The Morgan fingerprint density at radius 3 is 2.54 bits per heavy atom. The molecular formula is C8H10O5. The smallest absolute Gasteiger partial charge is 0.328 e. The lowest BCUT2D eigenvalue weighted by Gasteiger charge is -2.02. The first-order valence-corrected chi connectivity index (χ1v) is 3.98. The molecule has 1 rings (SSSR count). The molecule has 72 valence electrons. The van der Waals surface area contributed by atoms with Crippen LogP contribution in [0, 0.1) is 5.92 Å². The van der Waals surface area contributed by atoms with Crippen LogP contribution in [0.3, 0.4) is 0 Å². The summed E-state index contributed by atoms with van der Waals surface area (Å²) in [5, 5.41) is 0. The van der Waals surface area contributed by atoms with Gasteiger partial charge in [-0.3, -0.25) is 14.4 Å². The normalized spacial score (nSPS) is 27.2. The zero-order chi connectivity index (χ0) is 10.0. The van der Waals surface area contributed by atoms with Gasteiger partial charge in [-0.15, -0.1) is 0 Å². The molecule has 5 heteroatoms. The van der Waals surface area contributed by atoms with Gasteiger partial charge in [0.05, 0.1) is 6.61 Å². The fraction of sp³-hybridized carbons (Fsp3) is 0.625. The molecule has 0 bridgehead atoms. The Morgan fingerprint density at radius 2 is 2.15 bits per heavy atom. The van der Waals surface area contributed by atoms with Gasteiger partial charge < -0.3 is 9.47 Å². The number of hydrogen-bond acceptors (Lipinski definition) is 5. The maximum atomic E-state index is 11.2. The quantitative estimate of drug-likeness (QED) is 0.436. The summed E-state index contributed by atoms with van der Waals surface area (Å²) >= 11 is 0. The van der Waals surface area contributed by atoms with Gasteiger partial charge in [-0.25, -0.2) is 0 Å². The van der Waals surface area contributed by atoms with E-state index in [1.807, 2.05) is 0 Å². The number of ketones is 1. The van der Waals surface area contributed by atoms with Crippen LogP contribution in [0.4, 0.5) is 0 Å². The third kappa shape index (κ3) is 1.68. The van der Waals surface area contributed by atoms with E-state index in [0.717, 1.165) is 0 Å². The van der Waals surface area contributed by atoms with Crippen molar-refractivity contribution in [3.05, 3.63) is 0 Å². The van der Waals surface area contributed by atoms with Gasteiger partial charge in [0.2, 0.25) is 5.92 Å². The molecule has 13 heavy (non-hydrogen) atoms. The van der Waals surface area contributed by atoms with Crippen molar-refractivity contribution >= 4 is 17.7 Å². The van der Waals surface area contributed by atoms with Gasteiger partial charge in [0.15, 0.2) is 11.9 Å². The lowest BCUT2D eigenvalue weighted by molar-refractivity contribution is -0.156. The van der Waals surface area contributed by atoms with E-state index in [4.69, 9.17) is 0 Å². The maximum Gasteiger partial charge on any atom is 0.328 e. The Hall–Kier alpha value is -1.39. The third-order valence-electron chi connectivity index (χ3n) is 1.74. The van der Waals surface area contributed by atoms with Gasteiger partial charge in [0, 0.05) is 0 Å². The summed E-state index contributed by atoms with van der Waals surface area (Å²) in [6.07, 6.45) is -0.832. The molecule has 1 heterocycles. The Labute approximate surface area is 75.0 Å². The lowest BCUT2D eigenvalue weighted by Crippen LogP contribution is -2.28. The minimum absolute atomic E-state index is 0.143. The fourth-order valence-corrected chi connectivity index (χ4v) is 1.09. The van der Waals surface area contributed by atoms with E-state index in [9.17, 15) is 14.4 Å². The molecule has 0 amide bonds. The topological polar surface area (TPSA) is 69.7 Å². The van der Waals surface area contributed by atoms with Crippen LogP contribution in [0.1, 0.15) is 13.8 Å². The van der Waals surface area contributed by atoms with E-state index in [1.54, 1.807) is 6.92 Å². The average molecular weight is 186 g/mol. The molecule has 0 aliphatic carbocycles. The van der Waals surface area contributed by atoms with Gasteiger partial charge in [-0.05, 0) is 13.8 Å². The highest BCUT2D eigenvalue weighted by molar-refractivity contribution is 6.19. The molecule has 1 fully saturated rings. The number of esters is 2. The summed E-state index contributed by atoms with van der Waals surface area (Å²) in [5.74, 6) is -3.52. The van der Waals surface area contributed by atoms with Crippen molar-refractivity contribution in [2.75, 3.05) is 6.61 Å². The largest absolute Gasteiger partial charge is 0.465 e. The summed E-state index contributed by atoms with van der Waals surface area (Å²) < 4.78 is 9.12. The zero-order valence-electron chi connectivity index (χ0n) is 7.40. The summed E-state index contributed by atoms with van der Waals surface area (Å²) in [4.78, 5) is 33.2. The predicted octanol–water partition coefficient (Wildman–Crippen LogP) is -0.320. The number of cyclic esters (lactones) is 1. The molecular weight excluding hydrogens is 176 g/mol. The Balaban J connectivity index is 2.74. The van der Waals surface area contributed by atoms with Crippen LogP contribution in [-0.4, -0.2) is 30.4 Å². The van der Waals surface area contributed by atoms with E-state index in [0.29, 0.717) is 0 Å². The third-order valence-corrected chi connectivity index (χ3v) is 1.74. The highest BCUT2D eigenvalue weighted by atomic mass is 16.6. The first-order valence-electron chi connectivity index (χ1n) is 3.98. The summed E-state index contributed by atoms with van der Waals surface area (Å²) in [6, 6.07) is 0. The van der Waals surface area contributed by atoms with Crippen molar-refractivity contribution in [1.29, 1.82) is 0 Å². The molecule has 5 nitrogen and oxygen atoms in total. The molecule has 0 spiro atoms. The van der Waals surface area contributed by atoms with Crippen molar-refractivity contribution in [2.24, 2.45) is 5.92 Å². The molecule has 0 aromatic heterocycles. The monoisotopic (exact) mass is 186 g/mol. The van der Waals surface area contributed by atoms with Crippen LogP contribution in [0.2, 0.25) is 0 Å². The minimum atomic E-state index is -1.37. The van der Waals surface area contributed by atoms with Crippen molar-refractivity contribution in [3.8, 4) is 0 Å². The minimum Gasteiger partial charge on any atom is -0.465 e. The van der Waals surface area contributed by atoms with Crippen LogP contribution in [0.15, 0.2) is 0 Å². The number of Topliss-reactive ketones (excluding diaryl/α,β-unsaturated/α-hetero) is 1. The van der Waals surface area contributed by atoms with E-state index in [-0.39, 0.29) is 6.61 Å². The maximum absolute atomic E-state index is 11.2. The highest BCUT2D eigenvalue weighted by Crippen LogP contribution is 2.18. The van der Waals surface area contributed by atoms with Gasteiger partial charge in [0.1, 0.15) is 0 Å². The molecule has 1 saturated heterocycles.